The fraction of sp³-hybridized carbons (Fsp3) is 0.188. The van der Waals surface area contributed by atoms with E-state index in [1.807, 2.05) is 30.3 Å². The van der Waals surface area contributed by atoms with Crippen LogP contribution in [0.25, 0.3) is 0 Å². The van der Waals surface area contributed by atoms with Crippen molar-refractivity contribution < 1.29 is 9.59 Å². The van der Waals surface area contributed by atoms with E-state index in [-0.39, 0.29) is 24.9 Å². The van der Waals surface area contributed by atoms with Crippen molar-refractivity contribution >= 4 is 17.6 Å². The minimum absolute atomic E-state index is 0.114. The lowest BCUT2D eigenvalue weighted by Gasteiger charge is -2.08. The molecule has 1 heterocycles. The number of rotatable bonds is 6. The van der Waals surface area contributed by atoms with Gasteiger partial charge in [0, 0.05) is 37.6 Å². The predicted octanol–water partition coefficient (Wildman–Crippen LogP) is 1.91. The third-order valence-corrected chi connectivity index (χ3v) is 2.91. The van der Waals surface area contributed by atoms with Gasteiger partial charge in [0.25, 0.3) is 0 Å². The van der Waals surface area contributed by atoms with Crippen LogP contribution in [0.5, 0.6) is 0 Å². The van der Waals surface area contributed by atoms with Crippen molar-refractivity contribution in [3.63, 3.8) is 0 Å². The van der Waals surface area contributed by atoms with Gasteiger partial charge in [0.15, 0.2) is 0 Å². The lowest BCUT2D eigenvalue weighted by atomic mass is 10.2. The van der Waals surface area contributed by atoms with Gasteiger partial charge in [-0.2, -0.15) is 0 Å². The van der Waals surface area contributed by atoms with E-state index in [9.17, 15) is 9.59 Å². The van der Waals surface area contributed by atoms with Gasteiger partial charge in [0.1, 0.15) is 0 Å². The maximum atomic E-state index is 11.7. The van der Waals surface area contributed by atoms with E-state index >= 15 is 0 Å². The molecule has 2 rings (SSSR count). The Balaban J connectivity index is 1.61. The minimum Gasteiger partial charge on any atom is -0.352 e. The first-order valence-electron chi connectivity index (χ1n) is 6.99. The number of nitrogens with one attached hydrogen (secondary N) is 3. The van der Waals surface area contributed by atoms with Crippen LogP contribution in [0.15, 0.2) is 54.9 Å². The first-order chi connectivity index (χ1) is 10.7. The minimum atomic E-state index is -0.326. The lowest BCUT2D eigenvalue weighted by molar-refractivity contribution is -0.121. The smallest absolute Gasteiger partial charge is 0.319 e. The summed E-state index contributed by atoms with van der Waals surface area (Å²) in [6, 6.07) is 12.5. The van der Waals surface area contributed by atoms with Gasteiger partial charge in [-0.25, -0.2) is 4.79 Å². The fourth-order valence-corrected chi connectivity index (χ4v) is 1.78. The highest BCUT2D eigenvalue weighted by Gasteiger charge is 2.04. The molecule has 0 aliphatic heterocycles. The monoisotopic (exact) mass is 298 g/mol. The van der Waals surface area contributed by atoms with Crippen LogP contribution in [0.1, 0.15) is 12.0 Å². The third-order valence-electron chi connectivity index (χ3n) is 2.91. The third kappa shape index (κ3) is 5.62. The second-order valence-corrected chi connectivity index (χ2v) is 4.63. The van der Waals surface area contributed by atoms with Crippen molar-refractivity contribution in [2.75, 3.05) is 11.9 Å². The summed E-state index contributed by atoms with van der Waals surface area (Å²) in [7, 11) is 0. The van der Waals surface area contributed by atoms with E-state index in [1.165, 1.54) is 0 Å². The lowest BCUT2D eigenvalue weighted by Crippen LogP contribution is -2.33. The molecule has 0 spiro atoms. The molecule has 0 atom stereocenters. The maximum Gasteiger partial charge on any atom is 0.319 e. The van der Waals surface area contributed by atoms with Gasteiger partial charge >= 0.3 is 6.03 Å². The highest BCUT2D eigenvalue weighted by Crippen LogP contribution is 2.03. The Bertz CT molecular complexity index is 602. The van der Waals surface area contributed by atoms with E-state index in [2.05, 4.69) is 20.9 Å². The molecule has 114 valence electrons. The number of hydrogen-bond donors (Lipinski definition) is 3. The summed E-state index contributed by atoms with van der Waals surface area (Å²) < 4.78 is 0. The molecule has 1 aromatic heterocycles. The highest BCUT2D eigenvalue weighted by molar-refractivity contribution is 5.89. The van der Waals surface area contributed by atoms with Crippen LogP contribution in [0.4, 0.5) is 10.5 Å². The van der Waals surface area contributed by atoms with E-state index in [0.717, 1.165) is 5.56 Å². The molecule has 0 saturated heterocycles. The van der Waals surface area contributed by atoms with Crippen molar-refractivity contribution in [1.82, 2.24) is 15.6 Å². The van der Waals surface area contributed by atoms with Crippen LogP contribution in [0, 0.1) is 0 Å². The zero-order valence-corrected chi connectivity index (χ0v) is 12.1. The first-order valence-corrected chi connectivity index (χ1v) is 6.99. The predicted molar refractivity (Wildman–Crippen MR) is 84.2 cm³/mol. The second kappa shape index (κ2) is 8.41. The molecule has 3 N–H and O–H groups in total. The summed E-state index contributed by atoms with van der Waals surface area (Å²) in [5.41, 5.74) is 1.69. The van der Waals surface area contributed by atoms with E-state index < -0.39 is 0 Å². The van der Waals surface area contributed by atoms with Crippen LogP contribution >= 0.6 is 0 Å². The molecule has 22 heavy (non-hydrogen) atoms. The number of aromatic nitrogens is 1. The molecular formula is C16H18N4O2. The Labute approximate surface area is 129 Å². The molecule has 0 unspecified atom stereocenters. The summed E-state index contributed by atoms with van der Waals surface area (Å²) in [5.74, 6) is -0.114. The van der Waals surface area contributed by atoms with Gasteiger partial charge in [-0.05, 0) is 29.8 Å². The van der Waals surface area contributed by atoms with Crippen LogP contribution < -0.4 is 16.0 Å². The molecule has 0 aliphatic carbocycles. The van der Waals surface area contributed by atoms with Gasteiger partial charge < -0.3 is 16.0 Å². The summed E-state index contributed by atoms with van der Waals surface area (Å²) in [6.45, 7) is 0.735. The molecule has 0 radical (unpaired) electrons. The zero-order valence-electron chi connectivity index (χ0n) is 12.1. The molecule has 0 saturated carbocycles. The summed E-state index contributed by atoms with van der Waals surface area (Å²) in [4.78, 5) is 27.2. The molecule has 1 aromatic carbocycles. The molecular weight excluding hydrogens is 280 g/mol. The molecule has 6 heteroatoms. The van der Waals surface area contributed by atoms with Crippen molar-refractivity contribution in [2.24, 2.45) is 0 Å². The average molecular weight is 298 g/mol. The summed E-state index contributed by atoms with van der Waals surface area (Å²) in [5, 5.41) is 8.11. The number of urea groups is 1. The van der Waals surface area contributed by atoms with Crippen LogP contribution in [-0.4, -0.2) is 23.5 Å². The number of nitrogens with zero attached hydrogens (tertiary/aromatic N) is 1. The summed E-state index contributed by atoms with van der Waals surface area (Å²) in [6.07, 6.45) is 3.58. The van der Waals surface area contributed by atoms with Crippen molar-refractivity contribution in [3.05, 3.63) is 60.4 Å². The number of benzene rings is 1. The molecule has 3 amide bonds. The number of anilines is 1. The standard InChI is InChI=1S/C16H18N4O2/c21-15(19-12-13-6-9-17-10-7-13)8-11-18-16(22)20-14-4-2-1-3-5-14/h1-7,9-10H,8,11-12H2,(H,19,21)(H2,18,20,22). The molecule has 0 bridgehead atoms. The molecule has 0 fully saturated rings. The number of para-hydroxylation sites is 1. The Kier molecular flexibility index (Phi) is 5.92. The van der Waals surface area contributed by atoms with Crippen molar-refractivity contribution in [1.29, 1.82) is 0 Å². The van der Waals surface area contributed by atoms with Gasteiger partial charge in [-0.15, -0.1) is 0 Å². The first kappa shape index (κ1) is 15.5. The van der Waals surface area contributed by atoms with Crippen LogP contribution in [-0.2, 0) is 11.3 Å². The van der Waals surface area contributed by atoms with Gasteiger partial charge in [0.2, 0.25) is 5.91 Å². The van der Waals surface area contributed by atoms with Gasteiger partial charge in [-0.3, -0.25) is 9.78 Å². The highest BCUT2D eigenvalue weighted by atomic mass is 16.2. The Morgan fingerprint density at radius 3 is 2.41 bits per heavy atom. The van der Waals surface area contributed by atoms with E-state index in [4.69, 9.17) is 0 Å². The number of pyridine rings is 1. The molecule has 0 aliphatic rings. The van der Waals surface area contributed by atoms with Crippen LogP contribution in [0.2, 0.25) is 0 Å². The quantitative estimate of drug-likeness (QED) is 0.761. The Hall–Kier alpha value is -2.89. The number of amides is 3. The fourth-order valence-electron chi connectivity index (χ4n) is 1.78. The van der Waals surface area contributed by atoms with Crippen molar-refractivity contribution in [3.8, 4) is 0 Å². The number of hydrogen-bond acceptors (Lipinski definition) is 3. The normalized spacial score (nSPS) is 9.82. The maximum absolute atomic E-state index is 11.7. The Morgan fingerprint density at radius 1 is 0.955 bits per heavy atom. The number of carbonyl (C=O) groups is 2. The van der Waals surface area contributed by atoms with Gasteiger partial charge in [-0.1, -0.05) is 18.2 Å². The van der Waals surface area contributed by atoms with Crippen molar-refractivity contribution in [2.45, 2.75) is 13.0 Å². The molecule has 6 nitrogen and oxygen atoms in total. The topological polar surface area (TPSA) is 83.1 Å². The van der Waals surface area contributed by atoms with Gasteiger partial charge in [0.05, 0.1) is 0 Å². The van der Waals surface area contributed by atoms with Crippen LogP contribution in [0.3, 0.4) is 0 Å². The number of carbonyl (C=O) groups excluding carboxylic acids is 2. The largest absolute Gasteiger partial charge is 0.352 e. The zero-order chi connectivity index (χ0) is 15.6. The molecule has 2 aromatic rings. The van der Waals surface area contributed by atoms with E-state index in [1.54, 1.807) is 24.5 Å². The second-order valence-electron chi connectivity index (χ2n) is 4.63. The summed E-state index contributed by atoms with van der Waals surface area (Å²) >= 11 is 0. The SMILES string of the molecule is O=C(CCNC(=O)Nc1ccccc1)NCc1ccncc1. The Morgan fingerprint density at radius 2 is 1.68 bits per heavy atom. The van der Waals surface area contributed by atoms with E-state index in [0.29, 0.717) is 12.2 Å². The average Bonchev–Trinajstić information content (AvgIpc) is 2.55.